The first-order chi connectivity index (χ1) is 33.3. The summed E-state index contributed by atoms with van der Waals surface area (Å²) in [6.45, 7) is -0.778. The maximum Gasteiger partial charge on any atom is 0.435 e. The minimum Gasteiger partial charge on any atom is -0.346 e. The van der Waals surface area contributed by atoms with Gasteiger partial charge in [-0.25, -0.2) is 30.6 Å². The van der Waals surface area contributed by atoms with Crippen LogP contribution in [0.3, 0.4) is 0 Å². The Labute approximate surface area is 407 Å². The lowest BCUT2D eigenvalue weighted by Gasteiger charge is -2.23. The number of nitrogens with zero attached hydrogens (tertiary/aromatic N) is 7. The van der Waals surface area contributed by atoms with Crippen molar-refractivity contribution in [3.63, 3.8) is 0 Å². The summed E-state index contributed by atoms with van der Waals surface area (Å²) < 4.78 is 198. The third-order valence-corrected chi connectivity index (χ3v) is 15.2. The maximum absolute atomic E-state index is 15.6. The van der Waals surface area contributed by atoms with Gasteiger partial charge in [-0.3, -0.25) is 23.9 Å². The highest BCUT2D eigenvalue weighted by Gasteiger charge is 2.68. The number of alkyl halides is 8. The predicted molar refractivity (Wildman–Crippen MR) is 239 cm³/mol. The first-order valence-electron chi connectivity index (χ1n) is 21.0. The Balaban J connectivity index is 1.37. The first-order valence-corrected chi connectivity index (χ1v) is 25.1. The smallest absolute Gasteiger partial charge is 0.346 e. The molecular weight excluding hydrogens is 1040 g/mol. The van der Waals surface area contributed by atoms with Crippen molar-refractivity contribution in [2.24, 2.45) is 5.92 Å². The molecule has 0 spiro atoms. The number of nitrogens with one attached hydrogen (secondary N) is 1. The van der Waals surface area contributed by atoms with E-state index in [2.05, 4.69) is 37.3 Å². The van der Waals surface area contributed by atoms with Crippen molar-refractivity contribution < 1.29 is 70.3 Å². The predicted octanol–water partition coefficient (Wildman–Crippen LogP) is 8.29. The van der Waals surface area contributed by atoms with Crippen LogP contribution in [-0.2, 0) is 56.3 Å². The number of fused-ring (bicyclic) bond motifs is 4. The lowest BCUT2D eigenvalue weighted by Crippen LogP contribution is -2.37. The molecule has 1 saturated carbocycles. The molecule has 27 heteroatoms. The maximum atomic E-state index is 15.6. The average Bonchev–Trinajstić information content (AvgIpc) is 3.77. The lowest BCUT2D eigenvalue weighted by molar-refractivity contribution is -0.143. The SMILES string of the molecule is CC(C)(C#Cc1ccc(-c2ccc(Cl)c3c(N(C(=O)c4cccnc4)S(C)(=O)=O)nn(CC(F)(F)F)c23)c([C@H](Cc2cc(F)cc(F)c2)NC(=O)Cn2nc(C(F)(F)F)c3c2C(F)(F)[C@@H]2C[C@H]32)n1)S(C)(=O)=O. The molecular formula is C45H35ClF10N8O6S2. The molecule has 4 heterocycles. The van der Waals surface area contributed by atoms with Gasteiger partial charge >= 0.3 is 12.4 Å². The normalized spacial score (nSPS) is 16.9. The van der Waals surface area contributed by atoms with E-state index in [1.807, 2.05) is 0 Å². The number of sulfonamides is 1. The molecule has 4 aromatic heterocycles. The van der Waals surface area contributed by atoms with E-state index < -0.39 is 148 Å². The fourth-order valence-corrected chi connectivity index (χ4v) is 9.73. The summed E-state index contributed by atoms with van der Waals surface area (Å²) in [5.74, 6) is -7.26. The standard InChI is InChI=1S/C45H35ClF10N8O6S2/c1-42(2,71(3,67)68)12-11-26-7-8-27(28-9-10-31(46)35-37(28)63(21-43(49,50)51)61-40(35)64(72(4,69)70)41(66)23-6-5-13-57-19-23)36(58-26)32(16-22-14-24(47)17-25(48)15-22)59-33(65)20-62-39-34(38(60-62)45(54,55)56)29-18-30(29)44(39,52)53/h5-10,13-15,17,19,29-30,32H,16,18,20-21H2,1-4H3,(H,59,65)/t29-,30+,32-/m0/s1. The number of hydrogen-bond donors (Lipinski definition) is 1. The van der Waals surface area contributed by atoms with Crippen LogP contribution in [0.4, 0.5) is 49.7 Å². The van der Waals surface area contributed by atoms with Crippen LogP contribution in [0.1, 0.15) is 76.5 Å². The molecule has 0 aliphatic heterocycles. The largest absolute Gasteiger partial charge is 0.435 e. The number of sulfone groups is 1. The zero-order valence-corrected chi connectivity index (χ0v) is 39.9. The van der Waals surface area contributed by atoms with Gasteiger partial charge < -0.3 is 5.32 Å². The van der Waals surface area contributed by atoms with Gasteiger partial charge in [0, 0.05) is 47.3 Å². The van der Waals surface area contributed by atoms with Gasteiger partial charge in [-0.1, -0.05) is 23.6 Å². The van der Waals surface area contributed by atoms with Crippen molar-refractivity contribution in [3.8, 4) is 23.0 Å². The van der Waals surface area contributed by atoms with E-state index in [0.717, 1.165) is 54.9 Å². The number of hydrogen-bond acceptors (Lipinski definition) is 10. The summed E-state index contributed by atoms with van der Waals surface area (Å²) in [6, 6.07) is 7.29. The molecule has 8 rings (SSSR count). The van der Waals surface area contributed by atoms with Crippen molar-refractivity contribution >= 4 is 60.0 Å². The molecule has 0 radical (unpaired) electrons. The second kappa shape index (κ2) is 17.9. The molecule has 1 fully saturated rings. The van der Waals surface area contributed by atoms with Crippen molar-refractivity contribution in [3.05, 3.63) is 123 Å². The second-order valence-corrected chi connectivity index (χ2v) is 22.4. The Hall–Kier alpha value is -6.59. The number of pyridine rings is 2. The number of aromatic nitrogens is 6. The van der Waals surface area contributed by atoms with Gasteiger partial charge in [-0.15, -0.1) is 0 Å². The van der Waals surface area contributed by atoms with Crippen LogP contribution >= 0.6 is 11.6 Å². The molecule has 0 bridgehead atoms. The first kappa shape index (κ1) is 51.8. The number of carbonyl (C=O) groups excluding carboxylic acids is 2. The molecule has 1 N–H and O–H groups in total. The zero-order valence-electron chi connectivity index (χ0n) is 37.5. The van der Waals surface area contributed by atoms with Gasteiger partial charge in [0.15, 0.2) is 21.3 Å². The molecule has 0 unspecified atom stereocenters. The number of amides is 2. The third kappa shape index (κ3) is 9.97. The Bertz CT molecular complexity index is 3500. The number of anilines is 1. The third-order valence-electron chi connectivity index (χ3n) is 11.9. The Kier molecular flexibility index (Phi) is 12.8. The van der Waals surface area contributed by atoms with E-state index in [-0.39, 0.29) is 48.0 Å². The van der Waals surface area contributed by atoms with E-state index >= 15 is 8.78 Å². The Morgan fingerprint density at radius 1 is 0.944 bits per heavy atom. The van der Waals surface area contributed by atoms with Crippen molar-refractivity contribution in [1.29, 1.82) is 0 Å². The second-order valence-electron chi connectivity index (χ2n) is 17.6. The molecule has 2 amide bonds. The van der Waals surface area contributed by atoms with Crippen LogP contribution in [0, 0.1) is 29.4 Å². The van der Waals surface area contributed by atoms with Gasteiger partial charge in [0.1, 0.15) is 40.9 Å². The van der Waals surface area contributed by atoms with Crippen LogP contribution < -0.4 is 9.62 Å². The van der Waals surface area contributed by atoms with Gasteiger partial charge in [0.05, 0.1) is 39.5 Å². The summed E-state index contributed by atoms with van der Waals surface area (Å²) in [6.07, 6.45) is -7.64. The minimum atomic E-state index is -5.22. The molecule has 72 heavy (non-hydrogen) atoms. The zero-order chi connectivity index (χ0) is 52.8. The number of rotatable bonds is 12. The van der Waals surface area contributed by atoms with Crippen LogP contribution in [0.2, 0.25) is 5.02 Å². The number of benzene rings is 2. The minimum absolute atomic E-state index is 0.0982. The quantitative estimate of drug-likeness (QED) is 0.0926. The van der Waals surface area contributed by atoms with Gasteiger partial charge in [0.25, 0.3) is 11.8 Å². The van der Waals surface area contributed by atoms with Gasteiger partial charge in [-0.2, -0.15) is 49.6 Å². The Morgan fingerprint density at radius 2 is 1.61 bits per heavy atom. The van der Waals surface area contributed by atoms with Gasteiger partial charge in [0.2, 0.25) is 15.9 Å². The molecule has 3 atom stereocenters. The van der Waals surface area contributed by atoms with Crippen molar-refractivity contribution in [1.82, 2.24) is 34.8 Å². The van der Waals surface area contributed by atoms with Crippen LogP contribution in [0.25, 0.3) is 22.0 Å². The molecule has 0 saturated heterocycles. The molecule has 380 valence electrons. The highest BCUT2D eigenvalue weighted by Crippen LogP contribution is 2.68. The summed E-state index contributed by atoms with van der Waals surface area (Å²) >= 11 is 6.66. The fourth-order valence-electron chi connectivity index (χ4n) is 8.41. The summed E-state index contributed by atoms with van der Waals surface area (Å²) in [7, 11) is -8.70. The summed E-state index contributed by atoms with van der Waals surface area (Å²) in [5.41, 5.74) is -6.16. The monoisotopic (exact) mass is 1070 g/mol. The molecule has 2 aromatic carbocycles. The van der Waals surface area contributed by atoms with E-state index in [1.54, 1.807) is 0 Å². The average molecular weight is 1070 g/mol. The van der Waals surface area contributed by atoms with Crippen molar-refractivity contribution in [2.75, 3.05) is 16.8 Å². The molecule has 6 aromatic rings. The van der Waals surface area contributed by atoms with Gasteiger partial charge in [-0.05, 0) is 86.6 Å². The van der Waals surface area contributed by atoms with E-state index in [1.165, 1.54) is 26.1 Å². The highest BCUT2D eigenvalue weighted by atomic mass is 35.5. The topological polar surface area (TPSA) is 179 Å². The molecule has 2 aliphatic carbocycles. The summed E-state index contributed by atoms with van der Waals surface area (Å²) in [5, 5.41) is 8.77. The fraction of sp³-hybridized carbons (Fsp3) is 0.333. The lowest BCUT2D eigenvalue weighted by atomic mass is 9.93. The van der Waals surface area contributed by atoms with Crippen LogP contribution in [-0.4, -0.2) is 81.6 Å². The molecule has 14 nitrogen and oxygen atoms in total. The number of halogens is 11. The summed E-state index contributed by atoms with van der Waals surface area (Å²) in [4.78, 5) is 36.4. The van der Waals surface area contributed by atoms with Crippen LogP contribution in [0.15, 0.2) is 67.0 Å². The van der Waals surface area contributed by atoms with Crippen LogP contribution in [0.5, 0.6) is 0 Å². The van der Waals surface area contributed by atoms with E-state index in [0.29, 0.717) is 12.3 Å². The highest BCUT2D eigenvalue weighted by molar-refractivity contribution is 7.93. The number of carbonyl (C=O) groups is 2. The van der Waals surface area contributed by atoms with E-state index in [4.69, 9.17) is 11.6 Å². The molecule has 2 aliphatic rings. The Morgan fingerprint density at radius 3 is 2.21 bits per heavy atom. The van der Waals surface area contributed by atoms with E-state index in [9.17, 15) is 61.5 Å². The van der Waals surface area contributed by atoms with Crippen molar-refractivity contribution in [2.45, 2.75) is 74.8 Å².